The number of methoxy groups -OCH3 is 2. The number of hydrogen-bond acceptors (Lipinski definition) is 5. The molecule has 0 saturated heterocycles. The largest absolute Gasteiger partial charge is 0.497 e. The lowest BCUT2D eigenvalue weighted by molar-refractivity contribution is 0.0992. The summed E-state index contributed by atoms with van der Waals surface area (Å²) in [5.41, 5.74) is 6.16. The molecule has 0 bridgehead atoms. The molecule has 1 heterocycles. The molecule has 1 aliphatic carbocycles. The van der Waals surface area contributed by atoms with Gasteiger partial charge in [-0.3, -0.25) is 4.79 Å². The zero-order valence-electron chi connectivity index (χ0n) is 15.5. The first-order valence-electron chi connectivity index (χ1n) is 8.47. The van der Waals surface area contributed by atoms with Gasteiger partial charge in [-0.2, -0.15) is 4.31 Å². The zero-order valence-corrected chi connectivity index (χ0v) is 16.3. The van der Waals surface area contributed by atoms with Gasteiger partial charge in [0.25, 0.3) is 5.91 Å². The second-order valence-corrected chi connectivity index (χ2v) is 8.39. The number of nitrogens with zero attached hydrogens (tertiary/aromatic N) is 2. The van der Waals surface area contributed by atoms with Crippen LogP contribution in [0.15, 0.2) is 35.4 Å². The maximum atomic E-state index is 13.2. The van der Waals surface area contributed by atoms with E-state index in [4.69, 9.17) is 15.2 Å². The maximum Gasteiger partial charge on any atom is 0.265 e. The molecule has 1 aromatic heterocycles. The molecule has 1 saturated carbocycles. The van der Waals surface area contributed by atoms with Crippen molar-refractivity contribution in [1.82, 2.24) is 8.87 Å². The molecule has 9 heteroatoms. The van der Waals surface area contributed by atoms with E-state index in [1.54, 1.807) is 32.4 Å². The van der Waals surface area contributed by atoms with Crippen molar-refractivity contribution in [2.45, 2.75) is 30.3 Å². The lowest BCUT2D eigenvalue weighted by Gasteiger charge is -2.22. The van der Waals surface area contributed by atoms with Gasteiger partial charge in [-0.05, 0) is 37.1 Å². The molecule has 146 valence electrons. The van der Waals surface area contributed by atoms with Gasteiger partial charge < -0.3 is 19.8 Å². The number of amides is 1. The summed E-state index contributed by atoms with van der Waals surface area (Å²) in [6, 6.07) is 6.51. The fourth-order valence-corrected chi connectivity index (χ4v) is 4.74. The number of hydrogen-bond donors (Lipinski definition) is 1. The topological polar surface area (TPSA) is 104 Å². The predicted octanol–water partition coefficient (Wildman–Crippen LogP) is 1.49. The van der Waals surface area contributed by atoms with Gasteiger partial charge in [-0.1, -0.05) is 0 Å². The standard InChI is InChI=1S/C18H23N3O5S/c1-20-11-15(9-16(20)18(19)22)27(23,24)21(13-4-5-13)10-12-8-14(25-2)6-7-17(12)26-3/h6-9,11,13H,4-5,10H2,1-3H3,(H2,19,22). The average molecular weight is 393 g/mol. The molecule has 2 N–H and O–H groups in total. The van der Waals surface area contributed by atoms with E-state index >= 15 is 0 Å². The quantitative estimate of drug-likeness (QED) is 0.732. The van der Waals surface area contributed by atoms with Crippen molar-refractivity contribution < 1.29 is 22.7 Å². The minimum atomic E-state index is -3.81. The summed E-state index contributed by atoms with van der Waals surface area (Å²) in [5, 5.41) is 0. The summed E-state index contributed by atoms with van der Waals surface area (Å²) in [5.74, 6) is 0.531. The normalized spacial score (nSPS) is 14.4. The molecule has 1 amide bonds. The highest BCUT2D eigenvalue weighted by molar-refractivity contribution is 7.89. The number of aromatic nitrogens is 1. The van der Waals surface area contributed by atoms with Gasteiger partial charge in [0.15, 0.2) is 0 Å². The van der Waals surface area contributed by atoms with Crippen LogP contribution in [0.4, 0.5) is 0 Å². The Balaban J connectivity index is 1.99. The van der Waals surface area contributed by atoms with E-state index in [9.17, 15) is 13.2 Å². The van der Waals surface area contributed by atoms with Crippen molar-refractivity contribution in [3.63, 3.8) is 0 Å². The van der Waals surface area contributed by atoms with E-state index < -0.39 is 15.9 Å². The molecule has 0 atom stereocenters. The molecule has 3 rings (SSSR count). The van der Waals surface area contributed by atoms with Crippen LogP contribution < -0.4 is 15.2 Å². The lowest BCUT2D eigenvalue weighted by Crippen LogP contribution is -2.32. The van der Waals surface area contributed by atoms with E-state index in [-0.39, 0.29) is 23.2 Å². The predicted molar refractivity (Wildman–Crippen MR) is 99.2 cm³/mol. The minimum Gasteiger partial charge on any atom is -0.497 e. The molecule has 0 unspecified atom stereocenters. The smallest absolute Gasteiger partial charge is 0.265 e. The third-order valence-electron chi connectivity index (χ3n) is 4.61. The summed E-state index contributed by atoms with van der Waals surface area (Å²) in [4.78, 5) is 11.5. The van der Waals surface area contributed by atoms with Crippen molar-refractivity contribution in [1.29, 1.82) is 0 Å². The van der Waals surface area contributed by atoms with E-state index in [0.717, 1.165) is 12.8 Å². The lowest BCUT2D eigenvalue weighted by atomic mass is 10.2. The van der Waals surface area contributed by atoms with Gasteiger partial charge in [0.05, 0.1) is 14.2 Å². The van der Waals surface area contributed by atoms with Gasteiger partial charge in [-0.15, -0.1) is 0 Å². The number of aryl methyl sites for hydroxylation is 1. The van der Waals surface area contributed by atoms with Crippen LogP contribution in [0.3, 0.4) is 0 Å². The first kappa shape index (κ1) is 19.2. The molecule has 27 heavy (non-hydrogen) atoms. The molecular formula is C18H23N3O5S. The Hall–Kier alpha value is -2.52. The number of sulfonamides is 1. The van der Waals surface area contributed by atoms with E-state index in [1.807, 2.05) is 0 Å². The van der Waals surface area contributed by atoms with Gasteiger partial charge in [0.2, 0.25) is 10.0 Å². The number of carbonyl (C=O) groups excluding carboxylic acids is 1. The first-order valence-corrected chi connectivity index (χ1v) is 9.91. The Bertz CT molecular complexity index is 963. The van der Waals surface area contributed by atoms with Gasteiger partial charge in [0, 0.05) is 31.4 Å². The second kappa shape index (κ2) is 7.24. The summed E-state index contributed by atoms with van der Waals surface area (Å²) in [6.07, 6.45) is 3.00. The van der Waals surface area contributed by atoms with Crippen LogP contribution in [0, 0.1) is 0 Å². The Morgan fingerprint density at radius 2 is 1.96 bits per heavy atom. The number of benzene rings is 1. The molecule has 1 fully saturated rings. The zero-order chi connectivity index (χ0) is 19.8. The summed E-state index contributed by atoms with van der Waals surface area (Å²) >= 11 is 0. The third kappa shape index (κ3) is 3.79. The molecule has 0 radical (unpaired) electrons. The van der Waals surface area contributed by atoms with Crippen molar-refractivity contribution in [2.24, 2.45) is 12.8 Å². The Morgan fingerprint density at radius 1 is 1.26 bits per heavy atom. The first-order chi connectivity index (χ1) is 12.8. The van der Waals surface area contributed by atoms with Crippen molar-refractivity contribution in [3.05, 3.63) is 41.7 Å². The summed E-state index contributed by atoms with van der Waals surface area (Å²) in [6.45, 7) is 0.147. The summed E-state index contributed by atoms with van der Waals surface area (Å²) < 4.78 is 40.0. The van der Waals surface area contributed by atoms with Crippen molar-refractivity contribution >= 4 is 15.9 Å². The van der Waals surface area contributed by atoms with Crippen LogP contribution in [-0.4, -0.2) is 43.5 Å². The third-order valence-corrected chi connectivity index (χ3v) is 6.47. The summed E-state index contributed by atoms with van der Waals surface area (Å²) in [7, 11) is 0.873. The van der Waals surface area contributed by atoms with E-state index in [1.165, 1.54) is 28.2 Å². The number of ether oxygens (including phenoxy) is 2. The SMILES string of the molecule is COc1ccc(OC)c(CN(C2CC2)S(=O)(=O)c2cc(C(N)=O)n(C)c2)c1. The van der Waals surface area contributed by atoms with Crippen LogP contribution in [-0.2, 0) is 23.6 Å². The monoisotopic (exact) mass is 393 g/mol. The number of rotatable bonds is 8. The molecule has 1 aliphatic rings. The van der Waals surface area contributed by atoms with Crippen molar-refractivity contribution in [2.75, 3.05) is 14.2 Å². The van der Waals surface area contributed by atoms with Gasteiger partial charge in [-0.25, -0.2) is 8.42 Å². The van der Waals surface area contributed by atoms with Gasteiger partial charge >= 0.3 is 0 Å². The highest BCUT2D eigenvalue weighted by Gasteiger charge is 2.39. The molecule has 2 aromatic rings. The Labute approximate surface area is 158 Å². The molecule has 1 aromatic carbocycles. The Kier molecular flexibility index (Phi) is 5.16. The van der Waals surface area contributed by atoms with E-state index in [2.05, 4.69) is 0 Å². The van der Waals surface area contributed by atoms with Crippen LogP contribution in [0.1, 0.15) is 28.9 Å². The van der Waals surface area contributed by atoms with Gasteiger partial charge in [0.1, 0.15) is 22.1 Å². The van der Waals surface area contributed by atoms with Crippen molar-refractivity contribution in [3.8, 4) is 11.5 Å². The van der Waals surface area contributed by atoms with Crippen LogP contribution in [0.2, 0.25) is 0 Å². The molecule has 8 nitrogen and oxygen atoms in total. The maximum absolute atomic E-state index is 13.2. The number of nitrogens with two attached hydrogens (primary N) is 1. The van der Waals surface area contributed by atoms with Crippen LogP contribution in [0.5, 0.6) is 11.5 Å². The second-order valence-electron chi connectivity index (χ2n) is 6.50. The Morgan fingerprint density at radius 3 is 2.48 bits per heavy atom. The molecule has 0 aliphatic heterocycles. The molecular weight excluding hydrogens is 370 g/mol. The van der Waals surface area contributed by atoms with Crippen LogP contribution in [0.25, 0.3) is 0 Å². The fourth-order valence-electron chi connectivity index (χ4n) is 3.00. The highest BCUT2D eigenvalue weighted by atomic mass is 32.2. The van der Waals surface area contributed by atoms with E-state index in [0.29, 0.717) is 17.1 Å². The molecule has 0 spiro atoms. The average Bonchev–Trinajstić information content (AvgIpc) is 3.39. The number of carbonyl (C=O) groups is 1. The minimum absolute atomic E-state index is 0.0487. The fraction of sp³-hybridized carbons (Fsp3) is 0.389. The van der Waals surface area contributed by atoms with Crippen LogP contribution >= 0.6 is 0 Å². The number of primary amides is 1. The highest BCUT2D eigenvalue weighted by Crippen LogP contribution is 2.36.